The molecule has 1 atom stereocenters. The molecule has 0 heterocycles. The van der Waals surface area contributed by atoms with Gasteiger partial charge >= 0.3 is 0 Å². The van der Waals surface area contributed by atoms with Gasteiger partial charge in [0.25, 0.3) is 5.91 Å². The Hall–Kier alpha value is -2.53. The minimum absolute atomic E-state index is 0.0646. The summed E-state index contributed by atoms with van der Waals surface area (Å²) in [6, 6.07) is 14.0. The van der Waals surface area contributed by atoms with E-state index in [1.807, 2.05) is 63.2 Å². The van der Waals surface area contributed by atoms with E-state index in [2.05, 4.69) is 31.0 Å². The first-order valence-corrected chi connectivity index (χ1v) is 10.7. The number of amides is 1. The molecule has 0 radical (unpaired) electrons. The van der Waals surface area contributed by atoms with Crippen molar-refractivity contribution in [2.45, 2.75) is 66.3 Å². The molecule has 0 aliphatic carbocycles. The van der Waals surface area contributed by atoms with Crippen LogP contribution in [0.1, 0.15) is 69.1 Å². The van der Waals surface area contributed by atoms with Crippen LogP contribution in [0.3, 0.4) is 0 Å². The minimum atomic E-state index is -0.157. The lowest BCUT2D eigenvalue weighted by atomic mass is 10.1. The molecule has 0 saturated carbocycles. The predicted octanol–water partition coefficient (Wildman–Crippen LogP) is 5.20. The van der Waals surface area contributed by atoms with Gasteiger partial charge in [0.1, 0.15) is 0 Å². The summed E-state index contributed by atoms with van der Waals surface area (Å²) in [5.74, 6) is 1.27. The van der Waals surface area contributed by atoms with Crippen molar-refractivity contribution < 1.29 is 14.3 Å². The van der Waals surface area contributed by atoms with Gasteiger partial charge in [-0.05, 0) is 76.6 Å². The van der Waals surface area contributed by atoms with Gasteiger partial charge in [0.15, 0.2) is 11.5 Å². The molecule has 2 rings (SSSR count). The van der Waals surface area contributed by atoms with Crippen LogP contribution in [-0.4, -0.2) is 36.6 Å². The Kier molecular flexibility index (Phi) is 8.72. The second-order valence-electron chi connectivity index (χ2n) is 8.13. The largest absolute Gasteiger partial charge is 0.493 e. The van der Waals surface area contributed by atoms with Crippen molar-refractivity contribution in [3.8, 4) is 11.5 Å². The third kappa shape index (κ3) is 6.49. The summed E-state index contributed by atoms with van der Waals surface area (Å²) in [6.45, 7) is 14.4. The zero-order chi connectivity index (χ0) is 22.3. The Bertz CT molecular complexity index is 816. The Labute approximate surface area is 181 Å². The molecule has 1 unspecified atom stereocenters. The molecule has 0 spiro atoms. The van der Waals surface area contributed by atoms with Gasteiger partial charge in [-0.3, -0.25) is 9.69 Å². The van der Waals surface area contributed by atoms with Crippen LogP contribution in [0.25, 0.3) is 0 Å². The fraction of sp³-hybridized carbons (Fsp3) is 0.480. The van der Waals surface area contributed by atoms with E-state index in [-0.39, 0.29) is 18.1 Å². The second kappa shape index (κ2) is 11.0. The first-order valence-electron chi connectivity index (χ1n) is 10.7. The molecule has 0 saturated heterocycles. The summed E-state index contributed by atoms with van der Waals surface area (Å²) in [7, 11) is 1.62. The Balaban J connectivity index is 2.05. The van der Waals surface area contributed by atoms with E-state index in [1.165, 1.54) is 5.56 Å². The SMILES string of the molecule is CCN(Cc1ccc(C(=O)NC(C)c2ccc(OC(C)C)c(OC)c2)cc1)C(C)C. The maximum Gasteiger partial charge on any atom is 0.251 e. The number of hydrogen-bond donors (Lipinski definition) is 1. The van der Waals surface area contributed by atoms with Crippen LogP contribution in [0, 0.1) is 0 Å². The van der Waals surface area contributed by atoms with Crippen molar-refractivity contribution in [3.05, 3.63) is 59.2 Å². The molecule has 164 valence electrons. The van der Waals surface area contributed by atoms with Crippen molar-refractivity contribution in [3.63, 3.8) is 0 Å². The molecule has 2 aromatic carbocycles. The van der Waals surface area contributed by atoms with E-state index in [0.29, 0.717) is 23.1 Å². The zero-order valence-corrected chi connectivity index (χ0v) is 19.4. The Morgan fingerprint density at radius 3 is 2.20 bits per heavy atom. The molecule has 30 heavy (non-hydrogen) atoms. The van der Waals surface area contributed by atoms with Crippen molar-refractivity contribution in [2.24, 2.45) is 0 Å². The standard InChI is InChI=1S/C25H36N2O3/c1-8-27(17(2)3)16-20-9-11-21(12-10-20)25(28)26-19(6)22-13-14-23(30-18(4)5)24(15-22)29-7/h9-15,17-19H,8,16H2,1-7H3,(H,26,28). The minimum Gasteiger partial charge on any atom is -0.493 e. The van der Waals surface area contributed by atoms with Gasteiger partial charge in [0.2, 0.25) is 0 Å². The number of nitrogens with zero attached hydrogens (tertiary/aromatic N) is 1. The lowest BCUT2D eigenvalue weighted by Crippen LogP contribution is -2.30. The third-order valence-corrected chi connectivity index (χ3v) is 5.14. The number of ether oxygens (including phenoxy) is 2. The normalized spacial score (nSPS) is 12.3. The fourth-order valence-corrected chi connectivity index (χ4v) is 3.32. The van der Waals surface area contributed by atoms with Crippen LogP contribution in [-0.2, 0) is 6.54 Å². The average molecular weight is 413 g/mol. The van der Waals surface area contributed by atoms with Crippen molar-refractivity contribution >= 4 is 5.91 Å². The smallest absolute Gasteiger partial charge is 0.251 e. The lowest BCUT2D eigenvalue weighted by Gasteiger charge is -2.24. The van der Waals surface area contributed by atoms with Crippen molar-refractivity contribution in [2.75, 3.05) is 13.7 Å². The maximum atomic E-state index is 12.7. The monoisotopic (exact) mass is 412 g/mol. The van der Waals surface area contributed by atoms with Crippen LogP contribution in [0.15, 0.2) is 42.5 Å². The van der Waals surface area contributed by atoms with E-state index in [4.69, 9.17) is 9.47 Å². The van der Waals surface area contributed by atoms with E-state index >= 15 is 0 Å². The molecular weight excluding hydrogens is 376 g/mol. The summed E-state index contributed by atoms with van der Waals surface area (Å²) in [6.07, 6.45) is 0.0646. The Morgan fingerprint density at radius 2 is 1.67 bits per heavy atom. The molecule has 0 aromatic heterocycles. The highest BCUT2D eigenvalue weighted by Gasteiger charge is 2.15. The molecule has 1 amide bonds. The van der Waals surface area contributed by atoms with Gasteiger partial charge in [0.05, 0.1) is 19.3 Å². The van der Waals surface area contributed by atoms with Gasteiger partial charge in [-0.1, -0.05) is 25.1 Å². The molecule has 2 aromatic rings. The van der Waals surface area contributed by atoms with Gasteiger partial charge in [-0.2, -0.15) is 0 Å². The first-order chi connectivity index (χ1) is 14.2. The number of carbonyl (C=O) groups excluding carboxylic acids is 1. The van der Waals surface area contributed by atoms with E-state index in [1.54, 1.807) is 7.11 Å². The highest BCUT2D eigenvalue weighted by atomic mass is 16.5. The van der Waals surface area contributed by atoms with Gasteiger partial charge in [0, 0.05) is 18.2 Å². The molecule has 0 aliphatic rings. The molecule has 0 bridgehead atoms. The van der Waals surface area contributed by atoms with Crippen molar-refractivity contribution in [1.82, 2.24) is 10.2 Å². The summed E-state index contributed by atoms with van der Waals surface area (Å²) in [4.78, 5) is 15.1. The van der Waals surface area contributed by atoms with E-state index < -0.39 is 0 Å². The topological polar surface area (TPSA) is 50.8 Å². The van der Waals surface area contributed by atoms with Crippen LogP contribution in [0.4, 0.5) is 0 Å². The number of nitrogens with one attached hydrogen (secondary N) is 1. The summed E-state index contributed by atoms with van der Waals surface area (Å²) >= 11 is 0. The van der Waals surface area contributed by atoms with E-state index in [9.17, 15) is 4.79 Å². The molecular formula is C25H36N2O3. The molecule has 5 heteroatoms. The Morgan fingerprint density at radius 1 is 1.00 bits per heavy atom. The van der Waals surface area contributed by atoms with Crippen LogP contribution >= 0.6 is 0 Å². The quantitative estimate of drug-likeness (QED) is 0.582. The first kappa shape index (κ1) is 23.7. The van der Waals surface area contributed by atoms with Crippen LogP contribution < -0.4 is 14.8 Å². The number of rotatable bonds is 10. The number of methoxy groups -OCH3 is 1. The molecule has 0 aliphatic heterocycles. The van der Waals surface area contributed by atoms with E-state index in [0.717, 1.165) is 18.7 Å². The number of carbonyl (C=O) groups is 1. The summed E-state index contributed by atoms with van der Waals surface area (Å²) in [5, 5.41) is 3.07. The highest BCUT2D eigenvalue weighted by Crippen LogP contribution is 2.31. The molecule has 0 fully saturated rings. The van der Waals surface area contributed by atoms with Gasteiger partial charge < -0.3 is 14.8 Å². The third-order valence-electron chi connectivity index (χ3n) is 5.14. The van der Waals surface area contributed by atoms with Crippen LogP contribution in [0.2, 0.25) is 0 Å². The molecule has 1 N–H and O–H groups in total. The summed E-state index contributed by atoms with van der Waals surface area (Å²) in [5.41, 5.74) is 2.83. The average Bonchev–Trinajstić information content (AvgIpc) is 2.71. The second-order valence-corrected chi connectivity index (χ2v) is 8.13. The van der Waals surface area contributed by atoms with Crippen molar-refractivity contribution in [1.29, 1.82) is 0 Å². The summed E-state index contributed by atoms with van der Waals surface area (Å²) < 4.78 is 11.2. The zero-order valence-electron chi connectivity index (χ0n) is 19.4. The van der Waals surface area contributed by atoms with Gasteiger partial charge in [-0.25, -0.2) is 0 Å². The lowest BCUT2D eigenvalue weighted by molar-refractivity contribution is 0.0939. The predicted molar refractivity (Wildman–Crippen MR) is 122 cm³/mol. The van der Waals surface area contributed by atoms with Crippen LogP contribution in [0.5, 0.6) is 11.5 Å². The maximum absolute atomic E-state index is 12.7. The fourth-order valence-electron chi connectivity index (χ4n) is 3.32. The molecule has 5 nitrogen and oxygen atoms in total. The highest BCUT2D eigenvalue weighted by molar-refractivity contribution is 5.94. The van der Waals surface area contributed by atoms with Gasteiger partial charge in [-0.15, -0.1) is 0 Å². The number of hydrogen-bond acceptors (Lipinski definition) is 4. The number of benzene rings is 2.